The van der Waals surface area contributed by atoms with Crippen LogP contribution in [0.4, 0.5) is 5.13 Å². The average molecular weight is 256 g/mol. The third-order valence-corrected chi connectivity index (χ3v) is 3.39. The molecule has 1 aromatic rings. The minimum absolute atomic E-state index is 0.151. The molecule has 0 saturated heterocycles. The zero-order valence-corrected chi connectivity index (χ0v) is 11.5. The maximum atomic E-state index is 10.5. The van der Waals surface area contributed by atoms with Crippen LogP contribution in [0.1, 0.15) is 39.3 Å². The second kappa shape index (κ2) is 6.59. The Balaban J connectivity index is 2.67. The van der Waals surface area contributed by atoms with E-state index >= 15 is 0 Å². The smallest absolute Gasteiger partial charge is 0.303 e. The van der Waals surface area contributed by atoms with Crippen LogP contribution >= 0.6 is 11.3 Å². The first kappa shape index (κ1) is 14.0. The van der Waals surface area contributed by atoms with Crippen LogP contribution in [-0.2, 0) is 11.2 Å². The minimum atomic E-state index is -0.770. The molecule has 0 aromatic carbocycles. The van der Waals surface area contributed by atoms with Gasteiger partial charge in [-0.05, 0) is 20.3 Å². The monoisotopic (exact) mass is 256 g/mol. The predicted octanol–water partition coefficient (Wildman–Crippen LogP) is 2.79. The second-order valence-corrected chi connectivity index (χ2v) is 5.14. The molecule has 17 heavy (non-hydrogen) atoms. The third kappa shape index (κ3) is 4.34. The maximum absolute atomic E-state index is 10.5. The van der Waals surface area contributed by atoms with Gasteiger partial charge in [-0.3, -0.25) is 4.79 Å². The lowest BCUT2D eigenvalue weighted by Gasteiger charge is -2.25. The number of carbonyl (C=O) groups is 1. The zero-order chi connectivity index (χ0) is 12.8. The van der Waals surface area contributed by atoms with Gasteiger partial charge in [0.1, 0.15) is 0 Å². The number of aryl methyl sites for hydroxylation is 1. The fourth-order valence-electron chi connectivity index (χ4n) is 1.59. The fraction of sp³-hybridized carbons (Fsp3) is 0.667. The van der Waals surface area contributed by atoms with E-state index in [9.17, 15) is 4.79 Å². The molecular weight excluding hydrogens is 236 g/mol. The standard InChI is InChI=1S/C12H20N2O2S/c1-4-7-14(9(2)3)12-13-10(8-17-12)5-6-11(15)16/h8-9H,4-7H2,1-3H3,(H,15,16). The lowest BCUT2D eigenvalue weighted by Crippen LogP contribution is -2.31. The lowest BCUT2D eigenvalue weighted by atomic mass is 10.2. The Morgan fingerprint density at radius 2 is 2.29 bits per heavy atom. The first-order valence-electron chi connectivity index (χ1n) is 5.97. The summed E-state index contributed by atoms with van der Waals surface area (Å²) in [7, 11) is 0. The predicted molar refractivity (Wildman–Crippen MR) is 70.8 cm³/mol. The van der Waals surface area contributed by atoms with E-state index in [1.807, 2.05) is 5.38 Å². The van der Waals surface area contributed by atoms with Crippen molar-refractivity contribution in [2.75, 3.05) is 11.4 Å². The zero-order valence-electron chi connectivity index (χ0n) is 10.6. The molecular formula is C12H20N2O2S. The van der Waals surface area contributed by atoms with Crippen molar-refractivity contribution in [3.05, 3.63) is 11.1 Å². The van der Waals surface area contributed by atoms with Gasteiger partial charge in [-0.1, -0.05) is 6.92 Å². The second-order valence-electron chi connectivity index (χ2n) is 4.30. The fourth-order valence-corrected chi connectivity index (χ4v) is 2.61. The van der Waals surface area contributed by atoms with Crippen molar-refractivity contribution in [2.24, 2.45) is 0 Å². The molecule has 0 fully saturated rings. The highest BCUT2D eigenvalue weighted by Crippen LogP contribution is 2.23. The molecule has 5 heteroatoms. The number of carboxylic acids is 1. The van der Waals surface area contributed by atoms with Gasteiger partial charge in [-0.2, -0.15) is 0 Å². The van der Waals surface area contributed by atoms with Gasteiger partial charge in [0, 0.05) is 24.4 Å². The molecule has 0 aliphatic heterocycles. The Kier molecular flexibility index (Phi) is 5.41. The van der Waals surface area contributed by atoms with Crippen molar-refractivity contribution in [1.82, 2.24) is 4.98 Å². The molecule has 0 amide bonds. The molecule has 0 spiro atoms. The molecule has 1 aromatic heterocycles. The molecule has 0 unspecified atom stereocenters. The van der Waals surface area contributed by atoms with Crippen LogP contribution in [0, 0.1) is 0 Å². The number of nitrogens with zero attached hydrogens (tertiary/aromatic N) is 2. The SMILES string of the molecule is CCCN(c1nc(CCC(=O)O)cs1)C(C)C. The van der Waals surface area contributed by atoms with Crippen LogP contribution in [-0.4, -0.2) is 28.6 Å². The first-order valence-corrected chi connectivity index (χ1v) is 6.85. The molecule has 1 N–H and O–H groups in total. The first-order chi connectivity index (χ1) is 8.04. The van der Waals surface area contributed by atoms with E-state index in [4.69, 9.17) is 5.11 Å². The van der Waals surface area contributed by atoms with Crippen LogP contribution in [0.15, 0.2) is 5.38 Å². The number of hydrogen-bond acceptors (Lipinski definition) is 4. The van der Waals surface area contributed by atoms with Gasteiger partial charge < -0.3 is 10.0 Å². The number of aromatic nitrogens is 1. The van der Waals surface area contributed by atoms with Crippen LogP contribution in [0.5, 0.6) is 0 Å². The van der Waals surface area contributed by atoms with Crippen molar-refractivity contribution >= 4 is 22.4 Å². The molecule has 1 heterocycles. The Labute approximate surface area is 106 Å². The Bertz CT molecular complexity index is 363. The molecule has 1 rings (SSSR count). The van der Waals surface area contributed by atoms with E-state index in [0.717, 1.165) is 23.8 Å². The molecule has 0 radical (unpaired) electrons. The number of hydrogen-bond donors (Lipinski definition) is 1. The lowest BCUT2D eigenvalue weighted by molar-refractivity contribution is -0.136. The van der Waals surface area contributed by atoms with Crippen molar-refractivity contribution in [3.63, 3.8) is 0 Å². The average Bonchev–Trinajstić information content (AvgIpc) is 2.71. The summed E-state index contributed by atoms with van der Waals surface area (Å²) in [4.78, 5) is 17.3. The molecule has 0 bridgehead atoms. The normalized spacial score (nSPS) is 10.8. The number of aliphatic carboxylic acids is 1. The van der Waals surface area contributed by atoms with E-state index < -0.39 is 5.97 Å². The summed E-state index contributed by atoms with van der Waals surface area (Å²) in [5.41, 5.74) is 0.883. The molecule has 96 valence electrons. The molecule has 0 aliphatic rings. The molecule has 0 atom stereocenters. The van der Waals surface area contributed by atoms with Gasteiger partial charge in [0.25, 0.3) is 0 Å². The molecule has 0 aliphatic carbocycles. The summed E-state index contributed by atoms with van der Waals surface area (Å²) in [5, 5.41) is 11.6. The topological polar surface area (TPSA) is 53.4 Å². The highest BCUT2D eigenvalue weighted by molar-refractivity contribution is 7.13. The van der Waals surface area contributed by atoms with Crippen LogP contribution in [0.3, 0.4) is 0 Å². The van der Waals surface area contributed by atoms with E-state index in [2.05, 4.69) is 30.7 Å². The molecule has 0 saturated carbocycles. The van der Waals surface area contributed by atoms with Gasteiger partial charge >= 0.3 is 5.97 Å². The van der Waals surface area contributed by atoms with Crippen LogP contribution < -0.4 is 4.90 Å². The van der Waals surface area contributed by atoms with Crippen LogP contribution in [0.25, 0.3) is 0 Å². The van der Waals surface area contributed by atoms with Crippen molar-refractivity contribution in [1.29, 1.82) is 0 Å². The van der Waals surface area contributed by atoms with Crippen molar-refractivity contribution < 1.29 is 9.90 Å². The number of thiazole rings is 1. The Hall–Kier alpha value is -1.10. The number of carboxylic acid groups (broad SMARTS) is 1. The summed E-state index contributed by atoms with van der Waals surface area (Å²) in [5.74, 6) is -0.770. The maximum Gasteiger partial charge on any atom is 0.303 e. The van der Waals surface area contributed by atoms with E-state index in [0.29, 0.717) is 12.5 Å². The summed E-state index contributed by atoms with van der Waals surface area (Å²) in [6.45, 7) is 7.43. The summed E-state index contributed by atoms with van der Waals surface area (Å²) in [6, 6.07) is 0.424. The van der Waals surface area contributed by atoms with Crippen molar-refractivity contribution in [2.45, 2.75) is 46.1 Å². The van der Waals surface area contributed by atoms with Gasteiger partial charge in [0.15, 0.2) is 5.13 Å². The minimum Gasteiger partial charge on any atom is -0.481 e. The van der Waals surface area contributed by atoms with Gasteiger partial charge in [-0.25, -0.2) is 4.98 Å². The summed E-state index contributed by atoms with van der Waals surface area (Å²) >= 11 is 1.60. The van der Waals surface area contributed by atoms with Gasteiger partial charge in [-0.15, -0.1) is 11.3 Å². The third-order valence-electron chi connectivity index (χ3n) is 2.47. The van der Waals surface area contributed by atoms with Gasteiger partial charge in [0.05, 0.1) is 12.1 Å². The van der Waals surface area contributed by atoms with E-state index in [-0.39, 0.29) is 6.42 Å². The van der Waals surface area contributed by atoms with Crippen LogP contribution in [0.2, 0.25) is 0 Å². The summed E-state index contributed by atoms with van der Waals surface area (Å²) in [6.07, 6.45) is 1.75. The summed E-state index contributed by atoms with van der Waals surface area (Å²) < 4.78 is 0. The largest absolute Gasteiger partial charge is 0.481 e. The quantitative estimate of drug-likeness (QED) is 0.815. The molecule has 4 nitrogen and oxygen atoms in total. The van der Waals surface area contributed by atoms with Gasteiger partial charge in [0.2, 0.25) is 0 Å². The highest BCUT2D eigenvalue weighted by Gasteiger charge is 2.13. The van der Waals surface area contributed by atoms with Crippen molar-refractivity contribution in [3.8, 4) is 0 Å². The number of rotatable bonds is 7. The number of anilines is 1. The highest BCUT2D eigenvalue weighted by atomic mass is 32.1. The Morgan fingerprint density at radius 1 is 1.59 bits per heavy atom. The van der Waals surface area contributed by atoms with E-state index in [1.54, 1.807) is 11.3 Å². The van der Waals surface area contributed by atoms with E-state index in [1.165, 1.54) is 0 Å². The Morgan fingerprint density at radius 3 is 2.82 bits per heavy atom.